The summed E-state index contributed by atoms with van der Waals surface area (Å²) in [6.07, 6.45) is 0. The second-order valence-corrected chi connectivity index (χ2v) is 5.21. The molecule has 1 aromatic carbocycles. The van der Waals surface area contributed by atoms with Crippen molar-refractivity contribution in [1.82, 2.24) is 0 Å². The van der Waals surface area contributed by atoms with E-state index in [-0.39, 0.29) is 39.9 Å². The average molecular weight is 315 g/mol. The Morgan fingerprint density at radius 3 is 2.22 bits per heavy atom. The summed E-state index contributed by atoms with van der Waals surface area (Å²) in [5.74, 6) is -1.14. The van der Waals surface area contributed by atoms with Crippen molar-refractivity contribution in [3.63, 3.8) is 0 Å². The number of benzene rings is 1. The van der Waals surface area contributed by atoms with E-state index < -0.39 is 5.97 Å². The van der Waals surface area contributed by atoms with Crippen LogP contribution in [-0.2, 0) is 14.3 Å². The number of ether oxygens (including phenoxy) is 2. The van der Waals surface area contributed by atoms with E-state index in [2.05, 4.69) is 4.74 Å². The molecule has 1 aliphatic carbocycles. The van der Waals surface area contributed by atoms with E-state index >= 15 is 0 Å². The van der Waals surface area contributed by atoms with Crippen LogP contribution in [0.15, 0.2) is 40.7 Å². The number of rotatable bonds is 3. The molecule has 0 heterocycles. The van der Waals surface area contributed by atoms with Gasteiger partial charge in [-0.2, -0.15) is 0 Å². The first-order valence-corrected chi connectivity index (χ1v) is 6.91. The Morgan fingerprint density at radius 2 is 1.61 bits per heavy atom. The summed E-state index contributed by atoms with van der Waals surface area (Å²) in [4.78, 5) is 36.1. The fourth-order valence-corrected chi connectivity index (χ4v) is 2.17. The number of allylic oxidation sites excluding steroid dienone is 3. The molecular formula is C17H17NO5. The molecule has 0 atom stereocenters. The molecule has 0 amide bonds. The van der Waals surface area contributed by atoms with Gasteiger partial charge in [-0.3, -0.25) is 9.59 Å². The number of nitrogen functional groups attached to an aromatic ring is 1. The van der Waals surface area contributed by atoms with Crippen LogP contribution in [0.25, 0.3) is 0 Å². The molecule has 1 aromatic rings. The van der Waals surface area contributed by atoms with E-state index in [9.17, 15) is 14.4 Å². The monoisotopic (exact) mass is 315 g/mol. The first-order valence-electron chi connectivity index (χ1n) is 6.91. The third kappa shape index (κ3) is 2.88. The Kier molecular flexibility index (Phi) is 4.36. The maximum absolute atomic E-state index is 12.4. The van der Waals surface area contributed by atoms with Gasteiger partial charge in [0.1, 0.15) is 0 Å². The first kappa shape index (κ1) is 16.5. The standard InChI is InChI=1S/C17H17NO5/c1-8-9(2)15(20)16(10(3)14(8)19)23-13-7-11(17(21)22-4)5-6-12(13)18/h5-7H,18H2,1-4H3. The lowest BCUT2D eigenvalue weighted by molar-refractivity contribution is -0.118. The van der Waals surface area contributed by atoms with Crippen molar-refractivity contribution < 1.29 is 23.9 Å². The summed E-state index contributed by atoms with van der Waals surface area (Å²) in [5, 5.41) is 0. The van der Waals surface area contributed by atoms with E-state index in [4.69, 9.17) is 10.5 Å². The van der Waals surface area contributed by atoms with Gasteiger partial charge in [0, 0.05) is 16.7 Å². The summed E-state index contributed by atoms with van der Waals surface area (Å²) in [5.41, 5.74) is 7.24. The Hall–Kier alpha value is -2.89. The highest BCUT2D eigenvalue weighted by atomic mass is 16.5. The van der Waals surface area contributed by atoms with Gasteiger partial charge in [-0.1, -0.05) is 0 Å². The second kappa shape index (κ2) is 6.08. The Bertz CT molecular complexity index is 786. The van der Waals surface area contributed by atoms with Gasteiger partial charge in [0.2, 0.25) is 5.78 Å². The number of esters is 1. The smallest absolute Gasteiger partial charge is 0.337 e. The Labute approximate surface area is 133 Å². The fourth-order valence-electron chi connectivity index (χ4n) is 2.17. The number of hydrogen-bond donors (Lipinski definition) is 1. The van der Waals surface area contributed by atoms with E-state index in [1.54, 1.807) is 13.8 Å². The molecule has 6 nitrogen and oxygen atoms in total. The summed E-state index contributed by atoms with van der Waals surface area (Å²) in [6, 6.07) is 4.33. The number of anilines is 1. The van der Waals surface area contributed by atoms with Crippen LogP contribution in [0.2, 0.25) is 0 Å². The van der Waals surface area contributed by atoms with Crippen molar-refractivity contribution in [2.45, 2.75) is 20.8 Å². The van der Waals surface area contributed by atoms with Crippen molar-refractivity contribution in [2.24, 2.45) is 0 Å². The van der Waals surface area contributed by atoms with Crippen LogP contribution in [0, 0.1) is 0 Å². The molecule has 0 aromatic heterocycles. The normalized spacial score (nSPS) is 15.1. The zero-order valence-corrected chi connectivity index (χ0v) is 13.4. The molecule has 0 fully saturated rings. The van der Waals surface area contributed by atoms with Crippen LogP contribution in [0.5, 0.6) is 5.75 Å². The Morgan fingerprint density at radius 1 is 1.00 bits per heavy atom. The molecule has 1 aliphatic rings. The lowest BCUT2D eigenvalue weighted by atomic mass is 9.90. The zero-order chi connectivity index (χ0) is 17.3. The number of methoxy groups -OCH3 is 1. The summed E-state index contributed by atoms with van der Waals surface area (Å²) in [6.45, 7) is 4.69. The minimum absolute atomic E-state index is 0.0770. The third-order valence-electron chi connectivity index (χ3n) is 3.78. The summed E-state index contributed by atoms with van der Waals surface area (Å²) < 4.78 is 10.2. The van der Waals surface area contributed by atoms with Crippen LogP contribution in [0.1, 0.15) is 31.1 Å². The van der Waals surface area contributed by atoms with E-state index in [0.717, 1.165) is 0 Å². The average Bonchev–Trinajstić information content (AvgIpc) is 2.55. The van der Waals surface area contributed by atoms with E-state index in [1.165, 1.54) is 32.2 Å². The molecule has 23 heavy (non-hydrogen) atoms. The van der Waals surface area contributed by atoms with Crippen molar-refractivity contribution >= 4 is 23.2 Å². The van der Waals surface area contributed by atoms with Crippen LogP contribution < -0.4 is 10.5 Å². The van der Waals surface area contributed by atoms with Gasteiger partial charge in [0.25, 0.3) is 0 Å². The van der Waals surface area contributed by atoms with Crippen LogP contribution in [-0.4, -0.2) is 24.6 Å². The van der Waals surface area contributed by atoms with Crippen LogP contribution >= 0.6 is 0 Å². The molecule has 0 bridgehead atoms. The number of Topliss-reactive ketones (excluding diaryl/α,β-unsaturated/α-hetero) is 2. The highest BCUT2D eigenvalue weighted by Crippen LogP contribution is 2.30. The van der Waals surface area contributed by atoms with Crippen molar-refractivity contribution in [3.8, 4) is 5.75 Å². The van der Waals surface area contributed by atoms with Gasteiger partial charge in [-0.15, -0.1) is 0 Å². The lowest BCUT2D eigenvalue weighted by Gasteiger charge is -2.19. The highest BCUT2D eigenvalue weighted by molar-refractivity contribution is 6.23. The molecule has 2 rings (SSSR count). The van der Waals surface area contributed by atoms with Crippen molar-refractivity contribution in [2.75, 3.05) is 12.8 Å². The van der Waals surface area contributed by atoms with Gasteiger partial charge < -0.3 is 15.2 Å². The lowest BCUT2D eigenvalue weighted by Crippen LogP contribution is -2.24. The topological polar surface area (TPSA) is 95.7 Å². The number of nitrogens with two attached hydrogens (primary N) is 1. The molecule has 0 saturated carbocycles. The van der Waals surface area contributed by atoms with E-state index in [1.807, 2.05) is 0 Å². The molecular weight excluding hydrogens is 298 g/mol. The molecule has 0 radical (unpaired) electrons. The van der Waals surface area contributed by atoms with Gasteiger partial charge >= 0.3 is 5.97 Å². The SMILES string of the molecule is COC(=O)c1ccc(N)c(OC2=C(C)C(=O)C(C)=C(C)C2=O)c1. The Balaban J connectivity index is 2.45. The van der Waals surface area contributed by atoms with Gasteiger partial charge in [-0.05, 0) is 39.0 Å². The second-order valence-electron chi connectivity index (χ2n) is 5.21. The van der Waals surface area contributed by atoms with Gasteiger partial charge in [0.15, 0.2) is 17.3 Å². The summed E-state index contributed by atoms with van der Waals surface area (Å²) >= 11 is 0. The number of carbonyl (C=O) groups excluding carboxylic acids is 3. The molecule has 0 saturated heterocycles. The number of carbonyl (C=O) groups is 3. The van der Waals surface area contributed by atoms with Crippen molar-refractivity contribution in [1.29, 1.82) is 0 Å². The maximum atomic E-state index is 12.4. The predicted molar refractivity (Wildman–Crippen MR) is 83.9 cm³/mol. The minimum atomic E-state index is -0.557. The summed E-state index contributed by atoms with van der Waals surface area (Å²) in [7, 11) is 1.26. The molecule has 0 unspecified atom stereocenters. The predicted octanol–water partition coefficient (Wildman–Crippen LogP) is 2.20. The van der Waals surface area contributed by atoms with E-state index in [0.29, 0.717) is 11.1 Å². The number of ketones is 2. The highest BCUT2D eigenvalue weighted by Gasteiger charge is 2.30. The fraction of sp³-hybridized carbons (Fsp3) is 0.235. The molecule has 2 N–H and O–H groups in total. The third-order valence-corrected chi connectivity index (χ3v) is 3.78. The number of hydrogen-bond acceptors (Lipinski definition) is 6. The zero-order valence-electron chi connectivity index (χ0n) is 13.4. The van der Waals surface area contributed by atoms with Gasteiger partial charge in [-0.25, -0.2) is 4.79 Å². The van der Waals surface area contributed by atoms with Gasteiger partial charge in [0.05, 0.1) is 18.4 Å². The molecule has 6 heteroatoms. The van der Waals surface area contributed by atoms with Crippen molar-refractivity contribution in [3.05, 3.63) is 46.2 Å². The molecule has 120 valence electrons. The minimum Gasteiger partial charge on any atom is -0.465 e. The molecule has 0 aliphatic heterocycles. The van der Waals surface area contributed by atoms with Crippen LogP contribution in [0.3, 0.4) is 0 Å². The molecule has 0 spiro atoms. The first-order chi connectivity index (χ1) is 10.8. The quantitative estimate of drug-likeness (QED) is 0.522. The maximum Gasteiger partial charge on any atom is 0.337 e. The largest absolute Gasteiger partial charge is 0.465 e. The van der Waals surface area contributed by atoms with Crippen LogP contribution in [0.4, 0.5) is 5.69 Å².